The molecular formula is C9H13BrN2O. The Labute approximate surface area is 85.7 Å². The van der Waals surface area contributed by atoms with Crippen LogP contribution in [0.25, 0.3) is 0 Å². The predicted octanol–water partition coefficient (Wildman–Crippen LogP) is 1.95. The number of aromatic nitrogens is 1. The highest BCUT2D eigenvalue weighted by Gasteiger charge is 2.15. The third-order valence-corrected chi connectivity index (χ3v) is 2.17. The van der Waals surface area contributed by atoms with Crippen LogP contribution in [0, 0.1) is 0 Å². The minimum absolute atomic E-state index is 0.143. The number of hydrogen-bond acceptors (Lipinski definition) is 2. The lowest BCUT2D eigenvalue weighted by Gasteiger charge is -2.22. The van der Waals surface area contributed by atoms with E-state index in [1.165, 1.54) is 0 Å². The summed E-state index contributed by atoms with van der Waals surface area (Å²) in [6.45, 7) is 5.88. The topological polar surface area (TPSA) is 48.0 Å². The summed E-state index contributed by atoms with van der Waals surface area (Å²) in [4.78, 5) is 11.6. The molecule has 0 unspecified atom stereocenters. The first-order valence-corrected chi connectivity index (χ1v) is 4.80. The molecule has 0 bridgehead atoms. The van der Waals surface area contributed by atoms with Gasteiger partial charge in [-0.2, -0.15) is 0 Å². The maximum absolute atomic E-state index is 11.6. The summed E-state index contributed by atoms with van der Waals surface area (Å²) < 4.78 is 2.44. The molecular weight excluding hydrogens is 232 g/mol. The molecule has 0 spiro atoms. The molecule has 4 heteroatoms. The van der Waals surface area contributed by atoms with Crippen molar-refractivity contribution in [1.82, 2.24) is 4.57 Å². The van der Waals surface area contributed by atoms with Crippen LogP contribution in [0.15, 0.2) is 21.5 Å². The smallest absolute Gasteiger partial charge is 0.274 e. The molecule has 3 nitrogen and oxygen atoms in total. The molecule has 0 aromatic carbocycles. The fourth-order valence-electron chi connectivity index (χ4n) is 1.07. The zero-order chi connectivity index (χ0) is 10.2. The van der Waals surface area contributed by atoms with E-state index < -0.39 is 0 Å². The van der Waals surface area contributed by atoms with Crippen LogP contribution in [0.5, 0.6) is 0 Å². The average Bonchev–Trinajstić information content (AvgIpc) is 1.94. The van der Waals surface area contributed by atoms with E-state index in [2.05, 4.69) is 15.9 Å². The third kappa shape index (κ3) is 2.12. The van der Waals surface area contributed by atoms with E-state index in [-0.39, 0.29) is 16.8 Å². The van der Waals surface area contributed by atoms with Gasteiger partial charge in [-0.3, -0.25) is 4.79 Å². The molecule has 0 aliphatic carbocycles. The lowest BCUT2D eigenvalue weighted by molar-refractivity contribution is 0.384. The standard InChI is InChI=1S/C9H13BrN2O/c1-9(2,3)12-5-6(10)4-7(11)8(12)13/h4-5H,11H2,1-3H3. The van der Waals surface area contributed by atoms with E-state index in [9.17, 15) is 4.79 Å². The van der Waals surface area contributed by atoms with Crippen molar-refractivity contribution in [2.75, 3.05) is 5.73 Å². The predicted molar refractivity (Wildman–Crippen MR) is 57.8 cm³/mol. The zero-order valence-corrected chi connectivity index (χ0v) is 9.55. The molecule has 1 aromatic heterocycles. The monoisotopic (exact) mass is 244 g/mol. The third-order valence-electron chi connectivity index (χ3n) is 1.73. The highest BCUT2D eigenvalue weighted by molar-refractivity contribution is 9.10. The normalized spacial score (nSPS) is 11.7. The number of nitrogens with two attached hydrogens (primary N) is 1. The maximum atomic E-state index is 11.6. The summed E-state index contributed by atoms with van der Waals surface area (Å²) in [5.74, 6) is 0. The summed E-state index contributed by atoms with van der Waals surface area (Å²) in [5.41, 5.74) is 5.44. The Hall–Kier alpha value is -0.770. The Balaban J connectivity index is 3.47. The van der Waals surface area contributed by atoms with Crippen LogP contribution in [-0.2, 0) is 5.54 Å². The Morgan fingerprint density at radius 1 is 1.46 bits per heavy atom. The van der Waals surface area contributed by atoms with Crippen molar-refractivity contribution in [2.24, 2.45) is 0 Å². The van der Waals surface area contributed by atoms with Crippen LogP contribution < -0.4 is 11.3 Å². The SMILES string of the molecule is CC(C)(C)n1cc(Br)cc(N)c1=O. The van der Waals surface area contributed by atoms with E-state index in [1.807, 2.05) is 20.8 Å². The number of rotatable bonds is 0. The molecule has 2 N–H and O–H groups in total. The van der Waals surface area contributed by atoms with Crippen LogP contribution in [0.2, 0.25) is 0 Å². The van der Waals surface area contributed by atoms with Gasteiger partial charge in [-0.1, -0.05) is 0 Å². The molecule has 13 heavy (non-hydrogen) atoms. The van der Waals surface area contributed by atoms with Crippen molar-refractivity contribution in [1.29, 1.82) is 0 Å². The van der Waals surface area contributed by atoms with E-state index in [0.717, 1.165) is 4.47 Å². The van der Waals surface area contributed by atoms with Gasteiger partial charge in [-0.25, -0.2) is 0 Å². The van der Waals surface area contributed by atoms with Crippen LogP contribution in [0.3, 0.4) is 0 Å². The molecule has 1 heterocycles. The Bertz CT molecular complexity index is 376. The van der Waals surface area contributed by atoms with Gasteiger partial charge in [0.05, 0.1) is 5.69 Å². The quantitative estimate of drug-likeness (QED) is 0.759. The van der Waals surface area contributed by atoms with Crippen LogP contribution in [0.4, 0.5) is 5.69 Å². The minimum Gasteiger partial charge on any atom is -0.394 e. The van der Waals surface area contributed by atoms with E-state index in [1.54, 1.807) is 16.8 Å². The summed E-state index contributed by atoms with van der Waals surface area (Å²) in [7, 11) is 0. The maximum Gasteiger partial charge on any atom is 0.274 e. The van der Waals surface area contributed by atoms with Crippen molar-refractivity contribution in [3.8, 4) is 0 Å². The number of nitrogen functional groups attached to an aromatic ring is 1. The number of pyridine rings is 1. The van der Waals surface area contributed by atoms with Gasteiger partial charge in [-0.05, 0) is 42.8 Å². The van der Waals surface area contributed by atoms with Crippen LogP contribution in [0.1, 0.15) is 20.8 Å². The summed E-state index contributed by atoms with van der Waals surface area (Å²) in [6.07, 6.45) is 1.75. The first-order chi connectivity index (χ1) is 5.82. The second-order valence-electron chi connectivity index (χ2n) is 3.96. The first kappa shape index (κ1) is 10.3. The Morgan fingerprint density at radius 2 is 2.00 bits per heavy atom. The summed E-state index contributed by atoms with van der Waals surface area (Å²) in [6, 6.07) is 1.62. The zero-order valence-electron chi connectivity index (χ0n) is 7.97. The molecule has 0 aliphatic rings. The van der Waals surface area contributed by atoms with Crippen LogP contribution >= 0.6 is 15.9 Å². The van der Waals surface area contributed by atoms with Gasteiger partial charge in [0.1, 0.15) is 0 Å². The molecule has 0 aliphatic heterocycles. The molecule has 0 saturated heterocycles. The molecule has 0 radical (unpaired) electrons. The lowest BCUT2D eigenvalue weighted by atomic mass is 10.1. The second-order valence-corrected chi connectivity index (χ2v) is 4.88. The van der Waals surface area contributed by atoms with Crippen LogP contribution in [-0.4, -0.2) is 4.57 Å². The number of halogens is 1. The largest absolute Gasteiger partial charge is 0.394 e. The van der Waals surface area contributed by atoms with Crippen molar-refractivity contribution >= 4 is 21.6 Å². The van der Waals surface area contributed by atoms with Gasteiger partial charge in [0.2, 0.25) is 0 Å². The average molecular weight is 245 g/mol. The highest BCUT2D eigenvalue weighted by Crippen LogP contribution is 2.16. The van der Waals surface area contributed by atoms with Crippen molar-refractivity contribution in [2.45, 2.75) is 26.3 Å². The van der Waals surface area contributed by atoms with Gasteiger partial charge in [0, 0.05) is 16.2 Å². The fourth-order valence-corrected chi connectivity index (χ4v) is 1.52. The van der Waals surface area contributed by atoms with Gasteiger partial charge in [0.25, 0.3) is 5.56 Å². The number of nitrogens with zero attached hydrogens (tertiary/aromatic N) is 1. The molecule has 1 aromatic rings. The van der Waals surface area contributed by atoms with E-state index in [4.69, 9.17) is 5.73 Å². The first-order valence-electron chi connectivity index (χ1n) is 4.00. The van der Waals surface area contributed by atoms with E-state index in [0.29, 0.717) is 0 Å². The summed E-state index contributed by atoms with van der Waals surface area (Å²) in [5, 5.41) is 0. The molecule has 0 saturated carbocycles. The lowest BCUT2D eigenvalue weighted by Crippen LogP contribution is -2.34. The molecule has 72 valence electrons. The van der Waals surface area contributed by atoms with Gasteiger partial charge < -0.3 is 10.3 Å². The molecule has 1 rings (SSSR count). The highest BCUT2D eigenvalue weighted by atomic mass is 79.9. The van der Waals surface area contributed by atoms with Gasteiger partial charge >= 0.3 is 0 Å². The minimum atomic E-state index is -0.241. The fraction of sp³-hybridized carbons (Fsp3) is 0.444. The molecule has 0 amide bonds. The van der Waals surface area contributed by atoms with Crippen molar-refractivity contribution < 1.29 is 0 Å². The second kappa shape index (κ2) is 3.18. The number of anilines is 1. The Kier molecular flexibility index (Phi) is 2.52. The summed E-state index contributed by atoms with van der Waals surface area (Å²) >= 11 is 3.30. The van der Waals surface area contributed by atoms with Gasteiger partial charge in [0.15, 0.2) is 0 Å². The van der Waals surface area contributed by atoms with Crippen molar-refractivity contribution in [3.05, 3.63) is 27.1 Å². The Morgan fingerprint density at radius 3 is 2.46 bits per heavy atom. The van der Waals surface area contributed by atoms with Gasteiger partial charge in [-0.15, -0.1) is 0 Å². The van der Waals surface area contributed by atoms with Crippen molar-refractivity contribution in [3.63, 3.8) is 0 Å². The number of hydrogen-bond donors (Lipinski definition) is 1. The van der Waals surface area contributed by atoms with E-state index >= 15 is 0 Å². The molecule has 0 fully saturated rings. The molecule has 0 atom stereocenters.